The lowest BCUT2D eigenvalue weighted by Gasteiger charge is -2.07. The first-order chi connectivity index (χ1) is 8.86. The van der Waals surface area contributed by atoms with Gasteiger partial charge in [0.2, 0.25) is 0 Å². The Labute approximate surface area is 113 Å². The maximum absolute atomic E-state index is 4.21. The Hall–Kier alpha value is -1.94. The molecule has 0 radical (unpaired) electrons. The molecule has 18 heavy (non-hydrogen) atoms. The number of para-hydroxylation sites is 1. The Morgan fingerprint density at radius 3 is 2.39 bits per heavy atom. The van der Waals surface area contributed by atoms with Crippen molar-refractivity contribution >= 4 is 15.9 Å². The minimum atomic E-state index is 0.827. The van der Waals surface area contributed by atoms with E-state index in [1.165, 1.54) is 0 Å². The van der Waals surface area contributed by atoms with Gasteiger partial charge in [-0.3, -0.25) is 4.57 Å². The highest BCUT2D eigenvalue weighted by Crippen LogP contribution is 2.27. The number of benzene rings is 2. The van der Waals surface area contributed by atoms with E-state index in [9.17, 15) is 0 Å². The third-order valence-corrected chi connectivity index (χ3v) is 3.39. The summed E-state index contributed by atoms with van der Waals surface area (Å²) >= 11 is 3.54. The third-order valence-electron chi connectivity index (χ3n) is 2.70. The Morgan fingerprint density at radius 1 is 0.889 bits per heavy atom. The molecule has 0 saturated carbocycles. The van der Waals surface area contributed by atoms with Crippen molar-refractivity contribution < 1.29 is 0 Å². The zero-order valence-corrected chi connectivity index (χ0v) is 11.1. The largest absolute Gasteiger partial charge is 0.282 e. The van der Waals surface area contributed by atoms with Crippen LogP contribution in [0, 0.1) is 0 Å². The molecule has 88 valence electrons. The van der Waals surface area contributed by atoms with E-state index in [1.54, 1.807) is 6.33 Å². The van der Waals surface area contributed by atoms with Gasteiger partial charge in [0, 0.05) is 15.7 Å². The van der Waals surface area contributed by atoms with E-state index in [0.29, 0.717) is 0 Å². The maximum atomic E-state index is 4.21. The quantitative estimate of drug-likeness (QED) is 0.722. The average Bonchev–Trinajstić information content (AvgIpc) is 2.89. The van der Waals surface area contributed by atoms with Crippen LogP contribution in [-0.4, -0.2) is 14.8 Å². The molecule has 0 aliphatic rings. The topological polar surface area (TPSA) is 30.7 Å². The van der Waals surface area contributed by atoms with Crippen LogP contribution < -0.4 is 0 Å². The van der Waals surface area contributed by atoms with Crippen LogP contribution >= 0.6 is 15.9 Å². The van der Waals surface area contributed by atoms with E-state index in [2.05, 4.69) is 26.1 Å². The third kappa shape index (κ3) is 1.95. The van der Waals surface area contributed by atoms with Gasteiger partial charge in [0.25, 0.3) is 0 Å². The lowest BCUT2D eigenvalue weighted by Crippen LogP contribution is -1.96. The van der Waals surface area contributed by atoms with E-state index < -0.39 is 0 Å². The van der Waals surface area contributed by atoms with E-state index in [4.69, 9.17) is 0 Å². The SMILES string of the molecule is Brc1ccccc1-c1nncn1-c1ccccc1. The standard InChI is InChI=1S/C14H10BrN3/c15-13-9-5-4-8-12(13)14-17-16-10-18(14)11-6-2-1-3-7-11/h1-10H. The van der Waals surface area contributed by atoms with Gasteiger partial charge in [-0.15, -0.1) is 10.2 Å². The Kier molecular flexibility index (Phi) is 2.94. The molecular formula is C14H10BrN3. The first kappa shape index (κ1) is 11.2. The van der Waals surface area contributed by atoms with Gasteiger partial charge < -0.3 is 0 Å². The predicted octanol–water partition coefficient (Wildman–Crippen LogP) is 3.70. The molecule has 2 aromatic carbocycles. The molecule has 0 N–H and O–H groups in total. The van der Waals surface area contributed by atoms with Gasteiger partial charge >= 0.3 is 0 Å². The normalized spacial score (nSPS) is 10.5. The summed E-state index contributed by atoms with van der Waals surface area (Å²) in [6.07, 6.45) is 1.73. The molecule has 4 heteroatoms. The van der Waals surface area contributed by atoms with Gasteiger partial charge in [-0.25, -0.2) is 0 Å². The molecule has 0 fully saturated rings. The molecule has 0 atom stereocenters. The van der Waals surface area contributed by atoms with Crippen molar-refractivity contribution in [3.63, 3.8) is 0 Å². The van der Waals surface area contributed by atoms with Crippen molar-refractivity contribution in [2.45, 2.75) is 0 Å². The molecule has 0 saturated heterocycles. The van der Waals surface area contributed by atoms with E-state index in [1.807, 2.05) is 59.2 Å². The average molecular weight is 300 g/mol. The summed E-state index contributed by atoms with van der Waals surface area (Å²) in [5, 5.41) is 8.21. The summed E-state index contributed by atoms with van der Waals surface area (Å²) in [5.41, 5.74) is 2.08. The van der Waals surface area contributed by atoms with E-state index in [0.717, 1.165) is 21.5 Å². The second kappa shape index (κ2) is 4.74. The van der Waals surface area contributed by atoms with E-state index in [-0.39, 0.29) is 0 Å². The van der Waals surface area contributed by atoms with Gasteiger partial charge in [-0.1, -0.05) is 52.3 Å². The summed E-state index contributed by atoms with van der Waals surface area (Å²) in [7, 11) is 0. The fourth-order valence-electron chi connectivity index (χ4n) is 1.84. The molecule has 1 heterocycles. The van der Waals surface area contributed by atoms with Gasteiger partial charge in [0.15, 0.2) is 5.82 Å². The van der Waals surface area contributed by atoms with Gasteiger partial charge in [-0.05, 0) is 18.2 Å². The summed E-state index contributed by atoms with van der Waals surface area (Å²) in [5.74, 6) is 0.827. The van der Waals surface area contributed by atoms with Gasteiger partial charge in [0.1, 0.15) is 6.33 Å². The van der Waals surface area contributed by atoms with Crippen molar-refractivity contribution in [1.29, 1.82) is 0 Å². The van der Waals surface area contributed by atoms with Crippen molar-refractivity contribution in [3.05, 3.63) is 65.4 Å². The molecule has 0 unspecified atom stereocenters. The minimum absolute atomic E-state index is 0.827. The maximum Gasteiger partial charge on any atom is 0.169 e. The van der Waals surface area contributed by atoms with Gasteiger partial charge in [0.05, 0.1) is 0 Å². The Bertz CT molecular complexity index is 662. The molecule has 0 aliphatic carbocycles. The van der Waals surface area contributed by atoms with Crippen LogP contribution in [0.3, 0.4) is 0 Å². The van der Waals surface area contributed by atoms with Crippen LogP contribution in [0.2, 0.25) is 0 Å². The monoisotopic (exact) mass is 299 g/mol. The first-order valence-electron chi connectivity index (χ1n) is 5.56. The molecule has 0 amide bonds. The molecule has 1 aromatic heterocycles. The number of nitrogens with zero attached hydrogens (tertiary/aromatic N) is 3. The van der Waals surface area contributed by atoms with Crippen molar-refractivity contribution in [2.24, 2.45) is 0 Å². The highest BCUT2D eigenvalue weighted by atomic mass is 79.9. The number of hydrogen-bond acceptors (Lipinski definition) is 2. The van der Waals surface area contributed by atoms with Crippen LogP contribution in [0.1, 0.15) is 0 Å². The molecule has 3 rings (SSSR count). The summed E-state index contributed by atoms with van der Waals surface area (Å²) < 4.78 is 2.98. The number of hydrogen-bond donors (Lipinski definition) is 0. The first-order valence-corrected chi connectivity index (χ1v) is 6.36. The van der Waals surface area contributed by atoms with Crippen LogP contribution in [0.15, 0.2) is 65.4 Å². The fraction of sp³-hybridized carbons (Fsp3) is 0. The Balaban J connectivity index is 2.16. The van der Waals surface area contributed by atoms with Crippen molar-refractivity contribution in [2.75, 3.05) is 0 Å². The van der Waals surface area contributed by atoms with Crippen LogP contribution in [0.4, 0.5) is 0 Å². The second-order valence-electron chi connectivity index (χ2n) is 3.84. The van der Waals surface area contributed by atoms with Gasteiger partial charge in [-0.2, -0.15) is 0 Å². The highest BCUT2D eigenvalue weighted by Gasteiger charge is 2.10. The van der Waals surface area contributed by atoms with Crippen LogP contribution in [0.5, 0.6) is 0 Å². The number of rotatable bonds is 2. The van der Waals surface area contributed by atoms with Crippen LogP contribution in [-0.2, 0) is 0 Å². The number of aromatic nitrogens is 3. The highest BCUT2D eigenvalue weighted by molar-refractivity contribution is 9.10. The van der Waals surface area contributed by atoms with Crippen LogP contribution in [0.25, 0.3) is 17.1 Å². The zero-order valence-electron chi connectivity index (χ0n) is 9.49. The smallest absolute Gasteiger partial charge is 0.169 e. The predicted molar refractivity (Wildman–Crippen MR) is 74.5 cm³/mol. The summed E-state index contributed by atoms with van der Waals surface area (Å²) in [6.45, 7) is 0. The molecule has 0 spiro atoms. The fourth-order valence-corrected chi connectivity index (χ4v) is 2.30. The van der Waals surface area contributed by atoms with E-state index >= 15 is 0 Å². The second-order valence-corrected chi connectivity index (χ2v) is 4.69. The van der Waals surface area contributed by atoms with Crippen molar-refractivity contribution in [3.8, 4) is 17.1 Å². The van der Waals surface area contributed by atoms with Crippen molar-refractivity contribution in [1.82, 2.24) is 14.8 Å². The molecule has 3 aromatic rings. The minimum Gasteiger partial charge on any atom is -0.282 e. The Morgan fingerprint density at radius 2 is 1.61 bits per heavy atom. The summed E-state index contributed by atoms with van der Waals surface area (Å²) in [6, 6.07) is 18.0. The molecule has 0 bridgehead atoms. The summed E-state index contributed by atoms with van der Waals surface area (Å²) in [4.78, 5) is 0. The lowest BCUT2D eigenvalue weighted by atomic mass is 10.2. The zero-order chi connectivity index (χ0) is 12.4. The molecular weight excluding hydrogens is 290 g/mol. The number of halogens is 1. The molecule has 0 aliphatic heterocycles. The molecule has 3 nitrogen and oxygen atoms in total. The lowest BCUT2D eigenvalue weighted by molar-refractivity contribution is 1.06.